The SMILES string of the molecule is Cn1c(=O)c2ccccc2n2cnc(-c3cnnn3-c3ccc(F)cc3)c12. The number of rotatable bonds is 2. The first-order chi connectivity index (χ1) is 13.1. The zero-order valence-corrected chi connectivity index (χ0v) is 14.2. The quantitative estimate of drug-likeness (QED) is 0.485. The van der Waals surface area contributed by atoms with Crippen LogP contribution in [-0.2, 0) is 7.05 Å². The number of para-hydroxylation sites is 1. The fraction of sp³-hybridized carbons (Fsp3) is 0.0526. The predicted octanol–water partition coefficient (Wildman–Crippen LogP) is 2.57. The smallest absolute Gasteiger partial charge is 0.261 e. The highest BCUT2D eigenvalue weighted by molar-refractivity contribution is 5.84. The summed E-state index contributed by atoms with van der Waals surface area (Å²) in [5, 5.41) is 8.69. The molecule has 0 spiro atoms. The Kier molecular flexibility index (Phi) is 3.20. The normalized spacial score (nSPS) is 11.5. The van der Waals surface area contributed by atoms with E-state index in [1.807, 2.05) is 22.6 Å². The average molecular weight is 360 g/mol. The lowest BCUT2D eigenvalue weighted by molar-refractivity contribution is 0.627. The van der Waals surface area contributed by atoms with Gasteiger partial charge in [0.2, 0.25) is 0 Å². The monoisotopic (exact) mass is 360 g/mol. The second-order valence-corrected chi connectivity index (χ2v) is 6.18. The van der Waals surface area contributed by atoms with E-state index in [9.17, 15) is 9.18 Å². The lowest BCUT2D eigenvalue weighted by Gasteiger charge is -2.09. The second-order valence-electron chi connectivity index (χ2n) is 6.18. The lowest BCUT2D eigenvalue weighted by Crippen LogP contribution is -2.19. The van der Waals surface area contributed by atoms with E-state index in [1.165, 1.54) is 12.1 Å². The molecule has 7 nitrogen and oxygen atoms in total. The van der Waals surface area contributed by atoms with Gasteiger partial charge >= 0.3 is 0 Å². The maximum atomic E-state index is 13.3. The molecule has 5 aromatic rings. The van der Waals surface area contributed by atoms with Crippen LogP contribution in [0.2, 0.25) is 0 Å². The molecule has 0 bridgehead atoms. The molecular weight excluding hydrogens is 347 g/mol. The van der Waals surface area contributed by atoms with Gasteiger partial charge in [-0.05, 0) is 36.4 Å². The summed E-state index contributed by atoms with van der Waals surface area (Å²) in [6.45, 7) is 0. The van der Waals surface area contributed by atoms with Crippen LogP contribution in [0.3, 0.4) is 0 Å². The van der Waals surface area contributed by atoms with Crippen molar-refractivity contribution in [2.45, 2.75) is 0 Å². The molecule has 0 saturated heterocycles. The molecule has 0 radical (unpaired) electrons. The van der Waals surface area contributed by atoms with Gasteiger partial charge in [-0.15, -0.1) is 5.10 Å². The van der Waals surface area contributed by atoms with E-state index >= 15 is 0 Å². The first-order valence-corrected chi connectivity index (χ1v) is 8.27. The average Bonchev–Trinajstić information content (AvgIpc) is 3.33. The van der Waals surface area contributed by atoms with Crippen molar-refractivity contribution in [1.82, 2.24) is 28.9 Å². The molecule has 8 heteroatoms. The number of aryl methyl sites for hydroxylation is 1. The van der Waals surface area contributed by atoms with Crippen LogP contribution >= 0.6 is 0 Å². The number of fused-ring (bicyclic) bond motifs is 3. The molecule has 3 aromatic heterocycles. The van der Waals surface area contributed by atoms with Crippen molar-refractivity contribution in [1.29, 1.82) is 0 Å². The Morgan fingerprint density at radius 2 is 1.81 bits per heavy atom. The summed E-state index contributed by atoms with van der Waals surface area (Å²) in [4.78, 5) is 17.3. The summed E-state index contributed by atoms with van der Waals surface area (Å²) in [5.41, 5.74) is 3.11. The molecule has 0 atom stereocenters. The minimum Gasteiger partial charge on any atom is -0.295 e. The molecule has 0 aliphatic heterocycles. The number of hydrogen-bond donors (Lipinski definition) is 0. The molecule has 2 aromatic carbocycles. The Morgan fingerprint density at radius 1 is 1.04 bits per heavy atom. The lowest BCUT2D eigenvalue weighted by atomic mass is 10.2. The first kappa shape index (κ1) is 15.4. The highest BCUT2D eigenvalue weighted by atomic mass is 19.1. The Morgan fingerprint density at radius 3 is 2.63 bits per heavy atom. The van der Waals surface area contributed by atoms with Crippen LogP contribution in [0, 0.1) is 5.82 Å². The summed E-state index contributed by atoms with van der Waals surface area (Å²) in [5.74, 6) is -0.332. The molecule has 0 aliphatic rings. The fourth-order valence-corrected chi connectivity index (χ4v) is 3.33. The van der Waals surface area contributed by atoms with Crippen LogP contribution in [0.25, 0.3) is 33.6 Å². The maximum Gasteiger partial charge on any atom is 0.261 e. The zero-order valence-electron chi connectivity index (χ0n) is 14.2. The minimum absolute atomic E-state index is 0.111. The summed E-state index contributed by atoms with van der Waals surface area (Å²) >= 11 is 0. The fourth-order valence-electron chi connectivity index (χ4n) is 3.33. The molecule has 0 unspecified atom stereocenters. The molecule has 0 fully saturated rings. The molecule has 3 heterocycles. The Labute approximate surface area is 151 Å². The van der Waals surface area contributed by atoms with Crippen LogP contribution in [0.1, 0.15) is 0 Å². The summed E-state index contributed by atoms with van der Waals surface area (Å²) < 4.78 is 18.3. The standard InChI is InChI=1S/C19H13FN6O/c1-24-18-17(16-10-22-23-26(16)13-8-6-12(20)7-9-13)21-11-25(18)15-5-3-2-4-14(15)19(24)27/h2-11H,1H3. The summed E-state index contributed by atoms with van der Waals surface area (Å²) in [7, 11) is 1.71. The molecular formula is C19H13FN6O. The third-order valence-corrected chi connectivity index (χ3v) is 4.62. The molecule has 0 N–H and O–H groups in total. The van der Waals surface area contributed by atoms with Crippen molar-refractivity contribution >= 4 is 16.6 Å². The van der Waals surface area contributed by atoms with Gasteiger partial charge in [0.25, 0.3) is 5.56 Å². The maximum absolute atomic E-state index is 13.3. The number of hydrogen-bond acceptors (Lipinski definition) is 4. The van der Waals surface area contributed by atoms with Gasteiger partial charge in [-0.1, -0.05) is 17.3 Å². The van der Waals surface area contributed by atoms with Gasteiger partial charge < -0.3 is 0 Å². The second kappa shape index (κ2) is 5.60. The Hall–Kier alpha value is -3.81. The van der Waals surface area contributed by atoms with E-state index < -0.39 is 0 Å². The van der Waals surface area contributed by atoms with Gasteiger partial charge in [-0.3, -0.25) is 13.8 Å². The van der Waals surface area contributed by atoms with Gasteiger partial charge in [-0.2, -0.15) is 0 Å². The number of benzene rings is 2. The van der Waals surface area contributed by atoms with Gasteiger partial charge in [0.05, 0.1) is 22.8 Å². The highest BCUT2D eigenvalue weighted by Gasteiger charge is 2.19. The molecule has 0 amide bonds. The van der Waals surface area contributed by atoms with Crippen LogP contribution in [-0.4, -0.2) is 28.9 Å². The summed E-state index contributed by atoms with van der Waals surface area (Å²) in [6.07, 6.45) is 3.25. The molecule has 0 aliphatic carbocycles. The summed E-state index contributed by atoms with van der Waals surface area (Å²) in [6, 6.07) is 13.3. The Balaban J connectivity index is 1.83. The molecule has 132 valence electrons. The van der Waals surface area contributed by atoms with Crippen molar-refractivity contribution < 1.29 is 4.39 Å². The van der Waals surface area contributed by atoms with Crippen molar-refractivity contribution in [3.05, 3.63) is 77.2 Å². The van der Waals surface area contributed by atoms with E-state index in [0.717, 1.165) is 5.52 Å². The first-order valence-electron chi connectivity index (χ1n) is 8.27. The largest absolute Gasteiger partial charge is 0.295 e. The molecule has 5 rings (SSSR count). The number of halogens is 1. The van der Waals surface area contributed by atoms with Crippen LogP contribution in [0.5, 0.6) is 0 Å². The molecule has 27 heavy (non-hydrogen) atoms. The predicted molar refractivity (Wildman–Crippen MR) is 98.3 cm³/mol. The van der Waals surface area contributed by atoms with Crippen LogP contribution in [0.15, 0.2) is 65.8 Å². The third-order valence-electron chi connectivity index (χ3n) is 4.62. The van der Waals surface area contributed by atoms with E-state index in [-0.39, 0.29) is 11.4 Å². The van der Waals surface area contributed by atoms with Gasteiger partial charge in [0.15, 0.2) is 0 Å². The number of nitrogens with zero attached hydrogens (tertiary/aromatic N) is 6. The van der Waals surface area contributed by atoms with Crippen LogP contribution in [0.4, 0.5) is 4.39 Å². The van der Waals surface area contributed by atoms with E-state index in [1.54, 1.807) is 47.0 Å². The molecule has 0 saturated carbocycles. The van der Waals surface area contributed by atoms with Crippen molar-refractivity contribution in [3.63, 3.8) is 0 Å². The minimum atomic E-state index is -0.332. The van der Waals surface area contributed by atoms with Crippen molar-refractivity contribution in [2.24, 2.45) is 7.05 Å². The number of aromatic nitrogens is 6. The Bertz CT molecular complexity index is 1360. The van der Waals surface area contributed by atoms with E-state index in [4.69, 9.17) is 0 Å². The zero-order chi connectivity index (χ0) is 18.5. The topological polar surface area (TPSA) is 70.0 Å². The highest BCUT2D eigenvalue weighted by Crippen LogP contribution is 2.26. The van der Waals surface area contributed by atoms with Crippen molar-refractivity contribution in [3.8, 4) is 17.1 Å². The van der Waals surface area contributed by atoms with E-state index in [0.29, 0.717) is 28.1 Å². The van der Waals surface area contributed by atoms with Crippen molar-refractivity contribution in [2.75, 3.05) is 0 Å². The third kappa shape index (κ3) is 2.20. The van der Waals surface area contributed by atoms with Gasteiger partial charge in [0.1, 0.15) is 29.2 Å². The number of imidazole rings is 1. The van der Waals surface area contributed by atoms with E-state index in [2.05, 4.69) is 15.3 Å². The van der Waals surface area contributed by atoms with Crippen LogP contribution < -0.4 is 5.56 Å². The van der Waals surface area contributed by atoms with Gasteiger partial charge in [-0.25, -0.2) is 14.1 Å². The van der Waals surface area contributed by atoms with Gasteiger partial charge in [0, 0.05) is 7.05 Å².